The molecule has 0 aliphatic heterocycles. The van der Waals surface area contributed by atoms with Gasteiger partial charge in [0.15, 0.2) is 5.16 Å². The second-order valence-electron chi connectivity index (χ2n) is 7.19. The van der Waals surface area contributed by atoms with Gasteiger partial charge in [-0.05, 0) is 43.7 Å². The van der Waals surface area contributed by atoms with Crippen molar-refractivity contribution in [3.8, 4) is 5.75 Å². The Kier molecular flexibility index (Phi) is 6.38. The summed E-state index contributed by atoms with van der Waals surface area (Å²) >= 11 is 7.32. The van der Waals surface area contributed by atoms with Crippen LogP contribution in [0.2, 0.25) is 5.02 Å². The van der Waals surface area contributed by atoms with E-state index < -0.39 is 5.25 Å². The number of para-hydroxylation sites is 1. The molecule has 4 aromatic rings. The zero-order valence-electron chi connectivity index (χ0n) is 17.8. The highest BCUT2D eigenvalue weighted by atomic mass is 35.5. The summed E-state index contributed by atoms with van der Waals surface area (Å²) in [5.41, 5.74) is 1.10. The third kappa shape index (κ3) is 4.05. The SMILES string of the molecule is CCCn1c(=O)c2ccccc2n2c(S[C@@H](C)C(=O)Nc3cc(Cl)ccc3OC)nnc12. The number of hydrogen-bond donors (Lipinski definition) is 1. The third-order valence-electron chi connectivity index (χ3n) is 5.00. The number of ether oxygens (including phenoxy) is 1. The van der Waals surface area contributed by atoms with E-state index in [9.17, 15) is 9.59 Å². The minimum atomic E-state index is -0.503. The van der Waals surface area contributed by atoms with Gasteiger partial charge in [0.1, 0.15) is 5.75 Å². The molecule has 0 saturated heterocycles. The van der Waals surface area contributed by atoms with Crippen molar-refractivity contribution < 1.29 is 9.53 Å². The van der Waals surface area contributed by atoms with E-state index in [2.05, 4.69) is 15.5 Å². The average molecular weight is 472 g/mol. The number of aromatic nitrogens is 4. The summed E-state index contributed by atoms with van der Waals surface area (Å²) in [7, 11) is 1.53. The zero-order valence-corrected chi connectivity index (χ0v) is 19.4. The molecule has 2 aromatic heterocycles. The Hall–Kier alpha value is -3.04. The molecule has 32 heavy (non-hydrogen) atoms. The van der Waals surface area contributed by atoms with Crippen LogP contribution in [0.5, 0.6) is 5.75 Å². The van der Waals surface area contributed by atoms with Gasteiger partial charge in [-0.15, -0.1) is 10.2 Å². The number of methoxy groups -OCH3 is 1. The van der Waals surface area contributed by atoms with Gasteiger partial charge in [-0.25, -0.2) is 0 Å². The summed E-state index contributed by atoms with van der Waals surface area (Å²) in [6.07, 6.45) is 0.781. The lowest BCUT2D eigenvalue weighted by Gasteiger charge is -2.14. The normalized spacial score (nSPS) is 12.2. The van der Waals surface area contributed by atoms with Gasteiger partial charge in [0.05, 0.1) is 29.0 Å². The van der Waals surface area contributed by atoms with Gasteiger partial charge >= 0.3 is 0 Å². The first-order chi connectivity index (χ1) is 15.4. The minimum Gasteiger partial charge on any atom is -0.495 e. The lowest BCUT2D eigenvalue weighted by Crippen LogP contribution is -2.24. The fourth-order valence-electron chi connectivity index (χ4n) is 3.46. The largest absolute Gasteiger partial charge is 0.495 e. The number of fused-ring (bicyclic) bond motifs is 3. The molecule has 0 aliphatic carbocycles. The van der Waals surface area contributed by atoms with Crippen molar-refractivity contribution in [3.05, 3.63) is 57.8 Å². The summed E-state index contributed by atoms with van der Waals surface area (Å²) < 4.78 is 8.76. The minimum absolute atomic E-state index is 0.0993. The van der Waals surface area contributed by atoms with Gasteiger partial charge in [0, 0.05) is 11.6 Å². The van der Waals surface area contributed by atoms with E-state index in [0.29, 0.717) is 44.8 Å². The van der Waals surface area contributed by atoms with Gasteiger partial charge in [-0.2, -0.15) is 0 Å². The number of benzene rings is 2. The van der Waals surface area contributed by atoms with Crippen molar-refractivity contribution in [2.75, 3.05) is 12.4 Å². The van der Waals surface area contributed by atoms with Crippen molar-refractivity contribution in [3.63, 3.8) is 0 Å². The Morgan fingerprint density at radius 2 is 2.03 bits per heavy atom. The number of rotatable bonds is 7. The quantitative estimate of drug-likeness (QED) is 0.405. The number of aryl methyl sites for hydroxylation is 1. The first-order valence-corrected chi connectivity index (χ1v) is 11.4. The van der Waals surface area contributed by atoms with Gasteiger partial charge < -0.3 is 10.1 Å². The number of halogens is 1. The number of anilines is 1. The van der Waals surface area contributed by atoms with Crippen LogP contribution in [0.25, 0.3) is 16.7 Å². The van der Waals surface area contributed by atoms with E-state index in [-0.39, 0.29) is 11.5 Å². The fraction of sp³-hybridized carbons (Fsp3) is 0.273. The summed E-state index contributed by atoms with van der Waals surface area (Å²) in [6, 6.07) is 12.4. The maximum absolute atomic E-state index is 13.0. The molecule has 0 unspecified atom stereocenters. The predicted molar refractivity (Wildman–Crippen MR) is 127 cm³/mol. The van der Waals surface area contributed by atoms with Gasteiger partial charge in [0.2, 0.25) is 11.7 Å². The van der Waals surface area contributed by atoms with Crippen molar-refractivity contribution in [1.29, 1.82) is 0 Å². The van der Waals surface area contributed by atoms with Crippen molar-refractivity contribution in [1.82, 2.24) is 19.2 Å². The molecular weight excluding hydrogens is 450 g/mol. The van der Waals surface area contributed by atoms with Crippen LogP contribution >= 0.6 is 23.4 Å². The van der Waals surface area contributed by atoms with Crippen LogP contribution in [0.3, 0.4) is 0 Å². The van der Waals surface area contributed by atoms with E-state index in [1.807, 2.05) is 29.5 Å². The van der Waals surface area contributed by atoms with E-state index in [1.54, 1.807) is 35.8 Å². The van der Waals surface area contributed by atoms with Crippen LogP contribution in [0.1, 0.15) is 20.3 Å². The first-order valence-electron chi connectivity index (χ1n) is 10.1. The molecule has 0 radical (unpaired) electrons. The molecule has 0 spiro atoms. The first kappa shape index (κ1) is 22.2. The summed E-state index contributed by atoms with van der Waals surface area (Å²) in [5.74, 6) is 0.739. The maximum atomic E-state index is 13.0. The molecule has 4 rings (SSSR count). The van der Waals surface area contributed by atoms with Crippen molar-refractivity contribution in [2.45, 2.75) is 37.2 Å². The Labute approximate surface area is 193 Å². The Bertz CT molecular complexity index is 1370. The van der Waals surface area contributed by atoms with E-state index in [1.165, 1.54) is 18.9 Å². The molecule has 10 heteroatoms. The lowest BCUT2D eigenvalue weighted by molar-refractivity contribution is -0.115. The number of hydrogen-bond acceptors (Lipinski definition) is 6. The zero-order chi connectivity index (χ0) is 22.8. The van der Waals surface area contributed by atoms with Crippen LogP contribution in [0, 0.1) is 0 Å². The van der Waals surface area contributed by atoms with Crippen LogP contribution in [-0.4, -0.2) is 37.4 Å². The smallest absolute Gasteiger partial charge is 0.262 e. The molecule has 2 heterocycles. The Morgan fingerprint density at radius 3 is 2.78 bits per heavy atom. The highest BCUT2D eigenvalue weighted by molar-refractivity contribution is 8.00. The second kappa shape index (κ2) is 9.22. The van der Waals surface area contributed by atoms with Gasteiger partial charge in [0.25, 0.3) is 5.56 Å². The van der Waals surface area contributed by atoms with Crippen molar-refractivity contribution >= 4 is 51.6 Å². The highest BCUT2D eigenvalue weighted by Gasteiger charge is 2.22. The van der Waals surface area contributed by atoms with Crippen LogP contribution in [0.15, 0.2) is 52.4 Å². The molecule has 0 saturated carbocycles. The highest BCUT2D eigenvalue weighted by Crippen LogP contribution is 2.30. The molecule has 0 aliphatic rings. The number of thioether (sulfide) groups is 1. The summed E-state index contributed by atoms with van der Waals surface area (Å²) in [5, 5.41) is 12.5. The number of carbonyl (C=O) groups excluding carboxylic acids is 1. The molecule has 0 bridgehead atoms. The Morgan fingerprint density at radius 1 is 1.25 bits per heavy atom. The van der Waals surface area contributed by atoms with Crippen molar-refractivity contribution in [2.24, 2.45) is 0 Å². The topological polar surface area (TPSA) is 90.5 Å². The molecule has 8 nitrogen and oxygen atoms in total. The summed E-state index contributed by atoms with van der Waals surface area (Å²) in [6.45, 7) is 4.31. The standard InChI is InChI=1S/C22H22ClN5O3S/c1-4-11-27-20(30)15-7-5-6-8-17(15)28-21(27)25-26-22(28)32-13(2)19(29)24-16-12-14(23)9-10-18(16)31-3/h5-10,12-13H,4,11H2,1-3H3,(H,24,29)/t13-/m0/s1. The fourth-order valence-corrected chi connectivity index (χ4v) is 4.49. The summed E-state index contributed by atoms with van der Waals surface area (Å²) in [4.78, 5) is 25.8. The molecule has 0 fully saturated rings. The average Bonchev–Trinajstić information content (AvgIpc) is 3.20. The van der Waals surface area contributed by atoms with E-state index in [4.69, 9.17) is 16.3 Å². The Balaban J connectivity index is 1.70. The van der Waals surface area contributed by atoms with Gasteiger partial charge in [-0.1, -0.05) is 42.4 Å². The molecule has 2 aromatic carbocycles. The molecule has 1 atom stereocenters. The number of amides is 1. The predicted octanol–water partition coefficient (Wildman–Crippen LogP) is 4.24. The monoisotopic (exact) mass is 471 g/mol. The van der Waals surface area contributed by atoms with Crippen LogP contribution in [-0.2, 0) is 11.3 Å². The number of carbonyl (C=O) groups is 1. The second-order valence-corrected chi connectivity index (χ2v) is 8.93. The van der Waals surface area contributed by atoms with E-state index in [0.717, 1.165) is 6.42 Å². The maximum Gasteiger partial charge on any atom is 0.262 e. The molecular formula is C22H22ClN5O3S. The van der Waals surface area contributed by atoms with E-state index >= 15 is 0 Å². The number of nitrogens with one attached hydrogen (secondary N) is 1. The molecule has 1 amide bonds. The third-order valence-corrected chi connectivity index (χ3v) is 6.27. The number of nitrogens with zero attached hydrogens (tertiary/aromatic N) is 4. The van der Waals surface area contributed by atoms with Crippen LogP contribution in [0.4, 0.5) is 5.69 Å². The molecule has 1 N–H and O–H groups in total. The van der Waals surface area contributed by atoms with Crippen LogP contribution < -0.4 is 15.6 Å². The molecule has 166 valence electrons. The lowest BCUT2D eigenvalue weighted by atomic mass is 10.2. The van der Waals surface area contributed by atoms with Gasteiger partial charge in [-0.3, -0.25) is 18.6 Å².